The summed E-state index contributed by atoms with van der Waals surface area (Å²) in [5, 5.41) is 2.96. The van der Waals surface area contributed by atoms with Crippen LogP contribution in [-0.2, 0) is 4.74 Å². The summed E-state index contributed by atoms with van der Waals surface area (Å²) in [4.78, 5) is 12.2. The van der Waals surface area contributed by atoms with Gasteiger partial charge in [-0.1, -0.05) is 48.5 Å². The molecule has 3 heteroatoms. The predicted molar refractivity (Wildman–Crippen MR) is 98.2 cm³/mol. The van der Waals surface area contributed by atoms with Gasteiger partial charge in [-0.05, 0) is 41.5 Å². The lowest BCUT2D eigenvalue weighted by Crippen LogP contribution is -2.34. The Labute approximate surface area is 148 Å². The van der Waals surface area contributed by atoms with Gasteiger partial charge in [0.15, 0.2) is 0 Å². The van der Waals surface area contributed by atoms with Gasteiger partial charge in [0, 0.05) is 17.9 Å². The van der Waals surface area contributed by atoms with E-state index in [4.69, 9.17) is 11.2 Å². The molecule has 0 saturated heterocycles. The van der Waals surface area contributed by atoms with Crippen LogP contribution in [-0.4, -0.2) is 18.7 Å². The summed E-state index contributed by atoms with van der Waals surface area (Å²) < 4.78 is 5.57. The zero-order valence-corrected chi connectivity index (χ0v) is 14.1. The third-order valence-electron chi connectivity index (χ3n) is 5.33. The fourth-order valence-electron chi connectivity index (χ4n) is 4.07. The fourth-order valence-corrected chi connectivity index (χ4v) is 4.07. The van der Waals surface area contributed by atoms with Gasteiger partial charge in [-0.15, -0.1) is 12.3 Å². The summed E-state index contributed by atoms with van der Waals surface area (Å²) in [6, 6.07) is 16.8. The Balaban J connectivity index is 1.43. The Bertz CT molecular complexity index is 790. The zero-order chi connectivity index (χ0) is 17.2. The van der Waals surface area contributed by atoms with E-state index in [1.54, 1.807) is 0 Å². The molecule has 2 aliphatic rings. The van der Waals surface area contributed by atoms with Crippen molar-refractivity contribution in [1.29, 1.82) is 0 Å². The van der Waals surface area contributed by atoms with Gasteiger partial charge < -0.3 is 10.1 Å². The van der Waals surface area contributed by atoms with E-state index in [1.807, 2.05) is 24.3 Å². The van der Waals surface area contributed by atoms with Crippen molar-refractivity contribution in [1.82, 2.24) is 5.32 Å². The lowest BCUT2D eigenvalue weighted by Gasteiger charge is -2.16. The molecule has 0 bridgehead atoms. The monoisotopic (exact) mass is 331 g/mol. The minimum Gasteiger partial charge on any atom is -0.449 e. The molecule has 0 spiro atoms. The van der Waals surface area contributed by atoms with Crippen molar-refractivity contribution in [3.05, 3.63) is 59.7 Å². The Morgan fingerprint density at radius 2 is 1.72 bits per heavy atom. The quantitative estimate of drug-likeness (QED) is 0.850. The number of nitrogens with one attached hydrogen (secondary N) is 1. The summed E-state index contributed by atoms with van der Waals surface area (Å²) >= 11 is 0. The second-order valence-corrected chi connectivity index (χ2v) is 6.84. The van der Waals surface area contributed by atoms with Crippen LogP contribution in [0.2, 0.25) is 0 Å². The highest BCUT2D eigenvalue weighted by Crippen LogP contribution is 2.44. The van der Waals surface area contributed by atoms with Gasteiger partial charge in [-0.2, -0.15) is 0 Å². The third-order valence-corrected chi connectivity index (χ3v) is 5.33. The lowest BCUT2D eigenvalue weighted by atomic mass is 9.98. The molecule has 1 N–H and O–H groups in total. The normalized spacial score (nSPS) is 21.2. The summed E-state index contributed by atoms with van der Waals surface area (Å²) in [6.07, 6.45) is 7.88. The van der Waals surface area contributed by atoms with E-state index >= 15 is 0 Å². The maximum absolute atomic E-state index is 12.2. The lowest BCUT2D eigenvalue weighted by molar-refractivity contribution is 0.139. The molecule has 2 aromatic rings. The number of fused-ring (bicyclic) bond motifs is 3. The van der Waals surface area contributed by atoms with Crippen LogP contribution in [0, 0.1) is 18.3 Å². The number of rotatable bonds is 3. The minimum atomic E-state index is -0.343. The number of hydrogen-bond donors (Lipinski definition) is 1. The molecular formula is C22H21NO2. The molecule has 25 heavy (non-hydrogen) atoms. The molecule has 1 fully saturated rings. The maximum Gasteiger partial charge on any atom is 0.407 e. The fraction of sp³-hybridized carbons (Fsp3) is 0.318. The van der Waals surface area contributed by atoms with Gasteiger partial charge in [-0.3, -0.25) is 0 Å². The molecule has 0 heterocycles. The van der Waals surface area contributed by atoms with Gasteiger partial charge in [0.25, 0.3) is 0 Å². The Hall–Kier alpha value is -2.73. The molecule has 1 saturated carbocycles. The number of alkyl carbamates (subject to hydrolysis) is 1. The van der Waals surface area contributed by atoms with Gasteiger partial charge in [0.05, 0.1) is 0 Å². The number of terminal acetylenes is 1. The Morgan fingerprint density at radius 3 is 2.32 bits per heavy atom. The molecule has 126 valence electrons. The molecule has 4 rings (SSSR count). The first kappa shape index (κ1) is 15.8. The van der Waals surface area contributed by atoms with Gasteiger partial charge in [-0.25, -0.2) is 4.79 Å². The van der Waals surface area contributed by atoms with Crippen LogP contribution in [0.5, 0.6) is 0 Å². The molecule has 0 radical (unpaired) electrons. The largest absolute Gasteiger partial charge is 0.449 e. The van der Waals surface area contributed by atoms with E-state index in [0.717, 1.165) is 19.3 Å². The van der Waals surface area contributed by atoms with Crippen LogP contribution in [0.4, 0.5) is 4.79 Å². The highest BCUT2D eigenvalue weighted by Gasteiger charge is 2.30. The highest BCUT2D eigenvalue weighted by atomic mass is 16.5. The minimum absolute atomic E-state index is 0.0974. The molecule has 2 aliphatic carbocycles. The Morgan fingerprint density at radius 1 is 1.08 bits per heavy atom. The summed E-state index contributed by atoms with van der Waals surface area (Å²) in [5.41, 5.74) is 4.93. The van der Waals surface area contributed by atoms with Crippen LogP contribution in [0.25, 0.3) is 11.1 Å². The molecule has 2 unspecified atom stereocenters. The van der Waals surface area contributed by atoms with Crippen LogP contribution in [0.3, 0.4) is 0 Å². The summed E-state index contributed by atoms with van der Waals surface area (Å²) in [5.74, 6) is 3.15. The van der Waals surface area contributed by atoms with Gasteiger partial charge in [0.2, 0.25) is 0 Å². The van der Waals surface area contributed by atoms with Crippen molar-refractivity contribution in [2.24, 2.45) is 5.92 Å². The number of carbonyl (C=O) groups excluding carboxylic acids is 1. The number of carbonyl (C=O) groups is 1. The van der Waals surface area contributed by atoms with E-state index < -0.39 is 0 Å². The molecule has 0 aromatic heterocycles. The number of amides is 1. The van der Waals surface area contributed by atoms with Crippen LogP contribution < -0.4 is 5.32 Å². The second kappa shape index (κ2) is 6.64. The molecule has 0 aliphatic heterocycles. The van der Waals surface area contributed by atoms with E-state index in [2.05, 4.69) is 35.5 Å². The average molecular weight is 331 g/mol. The van der Waals surface area contributed by atoms with Crippen molar-refractivity contribution in [2.45, 2.75) is 31.2 Å². The predicted octanol–water partition coefficient (Wildman–Crippen LogP) is 4.33. The van der Waals surface area contributed by atoms with Crippen LogP contribution >= 0.6 is 0 Å². The van der Waals surface area contributed by atoms with Crippen molar-refractivity contribution in [3.63, 3.8) is 0 Å². The maximum atomic E-state index is 12.2. The SMILES string of the molecule is C#CC1CCC(NC(=O)OCC2c3ccccc3-c3ccccc32)C1. The Kier molecular flexibility index (Phi) is 4.19. The molecular weight excluding hydrogens is 310 g/mol. The topological polar surface area (TPSA) is 38.3 Å². The van der Waals surface area contributed by atoms with Gasteiger partial charge >= 0.3 is 6.09 Å². The molecule has 2 atom stereocenters. The van der Waals surface area contributed by atoms with E-state index in [1.165, 1.54) is 22.3 Å². The average Bonchev–Trinajstić information content (AvgIpc) is 3.22. The van der Waals surface area contributed by atoms with E-state index in [-0.39, 0.29) is 24.0 Å². The number of benzene rings is 2. The van der Waals surface area contributed by atoms with Crippen molar-refractivity contribution >= 4 is 6.09 Å². The third kappa shape index (κ3) is 3.00. The molecule has 3 nitrogen and oxygen atoms in total. The zero-order valence-electron chi connectivity index (χ0n) is 14.1. The summed E-state index contributed by atoms with van der Waals surface area (Å²) in [6.45, 7) is 0.352. The van der Waals surface area contributed by atoms with Crippen molar-refractivity contribution in [3.8, 4) is 23.5 Å². The van der Waals surface area contributed by atoms with Crippen molar-refractivity contribution < 1.29 is 9.53 Å². The van der Waals surface area contributed by atoms with E-state index in [0.29, 0.717) is 6.61 Å². The van der Waals surface area contributed by atoms with Crippen molar-refractivity contribution in [2.75, 3.05) is 6.61 Å². The summed E-state index contributed by atoms with van der Waals surface area (Å²) in [7, 11) is 0. The smallest absolute Gasteiger partial charge is 0.407 e. The van der Waals surface area contributed by atoms with Crippen LogP contribution in [0.15, 0.2) is 48.5 Å². The highest BCUT2D eigenvalue weighted by molar-refractivity contribution is 5.79. The second-order valence-electron chi connectivity index (χ2n) is 6.84. The molecule has 2 aromatic carbocycles. The van der Waals surface area contributed by atoms with Gasteiger partial charge in [0.1, 0.15) is 6.61 Å². The number of ether oxygens (including phenoxy) is 1. The van der Waals surface area contributed by atoms with E-state index in [9.17, 15) is 4.79 Å². The standard InChI is InChI=1S/C22H21NO2/c1-2-15-11-12-16(13-15)23-22(24)25-14-21-19-9-5-3-7-17(19)18-8-4-6-10-20(18)21/h1,3-10,15-16,21H,11-14H2,(H,23,24). The first-order valence-corrected chi connectivity index (χ1v) is 8.84. The van der Waals surface area contributed by atoms with Crippen LogP contribution in [0.1, 0.15) is 36.3 Å². The molecule has 1 amide bonds. The first-order chi connectivity index (χ1) is 12.3. The first-order valence-electron chi connectivity index (χ1n) is 8.84. The number of hydrogen-bond acceptors (Lipinski definition) is 2.